The fraction of sp³-hybridized carbons (Fsp3) is 0.650. The van der Waals surface area contributed by atoms with Crippen molar-refractivity contribution in [3.8, 4) is 6.07 Å². The molecular formula is C20H28N4O2. The van der Waals surface area contributed by atoms with Gasteiger partial charge in [0.05, 0.1) is 23.6 Å². The Bertz CT molecular complexity index is 676. The standard InChI is InChI=1S/C20H28N4O2/c1-14(2)16-11-24(18-6-5-15(9-21)10-22-18)12-17(16)23-19(25)20(13-26-3)7-4-8-20/h5-6,10,14,16-17H,4,7-8,11-13H2,1-3H3,(H,23,25)/t16-,17+/m0/s1. The Morgan fingerprint density at radius 2 is 2.23 bits per heavy atom. The van der Waals surface area contributed by atoms with Gasteiger partial charge in [0.25, 0.3) is 0 Å². The summed E-state index contributed by atoms with van der Waals surface area (Å²) in [5, 5.41) is 12.3. The van der Waals surface area contributed by atoms with E-state index in [4.69, 9.17) is 10.00 Å². The van der Waals surface area contributed by atoms with Crippen molar-refractivity contribution in [1.29, 1.82) is 5.26 Å². The molecule has 1 aliphatic carbocycles. The van der Waals surface area contributed by atoms with Crippen molar-refractivity contribution in [3.63, 3.8) is 0 Å². The van der Waals surface area contributed by atoms with Crippen LogP contribution in [0, 0.1) is 28.6 Å². The number of amides is 1. The molecule has 1 saturated heterocycles. The third-order valence-corrected chi connectivity index (χ3v) is 5.95. The first kappa shape index (κ1) is 18.7. The lowest BCUT2D eigenvalue weighted by Gasteiger charge is -2.40. The quantitative estimate of drug-likeness (QED) is 0.846. The van der Waals surface area contributed by atoms with Crippen LogP contribution < -0.4 is 10.2 Å². The first-order valence-corrected chi connectivity index (χ1v) is 9.40. The van der Waals surface area contributed by atoms with E-state index in [0.29, 0.717) is 24.0 Å². The molecule has 1 aromatic heterocycles. The van der Waals surface area contributed by atoms with Gasteiger partial charge in [-0.15, -0.1) is 0 Å². The van der Waals surface area contributed by atoms with Gasteiger partial charge in [-0.2, -0.15) is 5.26 Å². The number of nitrogens with zero attached hydrogens (tertiary/aromatic N) is 3. The lowest BCUT2D eigenvalue weighted by Crippen LogP contribution is -2.53. The zero-order chi connectivity index (χ0) is 18.7. The molecule has 0 radical (unpaired) electrons. The van der Waals surface area contributed by atoms with Crippen LogP contribution in [0.5, 0.6) is 0 Å². The summed E-state index contributed by atoms with van der Waals surface area (Å²) in [6, 6.07) is 5.88. The second kappa shape index (κ2) is 7.63. The molecule has 1 aromatic rings. The van der Waals surface area contributed by atoms with Crippen LogP contribution in [0.2, 0.25) is 0 Å². The second-order valence-corrected chi connectivity index (χ2v) is 7.98. The first-order chi connectivity index (χ1) is 12.5. The average molecular weight is 356 g/mol. The van der Waals surface area contributed by atoms with Gasteiger partial charge in [0.1, 0.15) is 11.9 Å². The summed E-state index contributed by atoms with van der Waals surface area (Å²) >= 11 is 0. The zero-order valence-corrected chi connectivity index (χ0v) is 15.9. The minimum Gasteiger partial charge on any atom is -0.384 e. The summed E-state index contributed by atoms with van der Waals surface area (Å²) in [5.41, 5.74) is 0.223. The molecule has 2 fully saturated rings. The van der Waals surface area contributed by atoms with E-state index in [1.807, 2.05) is 6.07 Å². The topological polar surface area (TPSA) is 78.2 Å². The minimum absolute atomic E-state index is 0.106. The summed E-state index contributed by atoms with van der Waals surface area (Å²) in [4.78, 5) is 19.6. The van der Waals surface area contributed by atoms with Crippen molar-refractivity contribution < 1.29 is 9.53 Å². The Kier molecular flexibility index (Phi) is 5.47. The average Bonchev–Trinajstić information content (AvgIpc) is 3.02. The van der Waals surface area contributed by atoms with Crippen molar-refractivity contribution in [2.75, 3.05) is 31.7 Å². The smallest absolute Gasteiger partial charge is 0.228 e. The van der Waals surface area contributed by atoms with E-state index in [-0.39, 0.29) is 17.4 Å². The van der Waals surface area contributed by atoms with Crippen molar-refractivity contribution in [2.45, 2.75) is 39.2 Å². The van der Waals surface area contributed by atoms with Gasteiger partial charge in [0, 0.05) is 32.3 Å². The molecule has 2 aliphatic rings. The lowest BCUT2D eigenvalue weighted by molar-refractivity contribution is -0.141. The molecule has 0 aromatic carbocycles. The number of aromatic nitrogens is 1. The van der Waals surface area contributed by atoms with Crippen LogP contribution in [0.1, 0.15) is 38.7 Å². The summed E-state index contributed by atoms with van der Waals surface area (Å²) in [6.07, 6.45) is 4.52. The van der Waals surface area contributed by atoms with Crippen LogP contribution in [-0.2, 0) is 9.53 Å². The molecule has 0 spiro atoms. The number of ether oxygens (including phenoxy) is 1. The summed E-state index contributed by atoms with van der Waals surface area (Å²) < 4.78 is 5.31. The Morgan fingerprint density at radius 3 is 2.73 bits per heavy atom. The molecule has 140 valence electrons. The normalized spacial score (nSPS) is 24.2. The summed E-state index contributed by atoms with van der Waals surface area (Å²) in [6.45, 7) is 6.51. The number of hydrogen-bond acceptors (Lipinski definition) is 5. The highest BCUT2D eigenvalue weighted by Crippen LogP contribution is 2.42. The number of nitrogens with one attached hydrogen (secondary N) is 1. The van der Waals surface area contributed by atoms with Gasteiger partial charge in [0.15, 0.2) is 0 Å². The highest BCUT2D eigenvalue weighted by molar-refractivity contribution is 5.84. The molecule has 6 nitrogen and oxygen atoms in total. The van der Waals surface area contributed by atoms with E-state index < -0.39 is 0 Å². The van der Waals surface area contributed by atoms with Crippen molar-refractivity contribution >= 4 is 11.7 Å². The van der Waals surface area contributed by atoms with E-state index in [1.54, 1.807) is 19.4 Å². The van der Waals surface area contributed by atoms with Gasteiger partial charge in [-0.3, -0.25) is 4.79 Å². The number of rotatable bonds is 6. The van der Waals surface area contributed by atoms with Crippen molar-refractivity contribution in [2.24, 2.45) is 17.3 Å². The van der Waals surface area contributed by atoms with Gasteiger partial charge >= 0.3 is 0 Å². The first-order valence-electron chi connectivity index (χ1n) is 9.40. The molecule has 2 heterocycles. The van der Waals surface area contributed by atoms with Crippen molar-refractivity contribution in [1.82, 2.24) is 10.3 Å². The maximum absolute atomic E-state index is 12.9. The molecule has 0 bridgehead atoms. The molecule has 1 amide bonds. The Morgan fingerprint density at radius 1 is 1.46 bits per heavy atom. The van der Waals surface area contributed by atoms with Crippen LogP contribution in [0.3, 0.4) is 0 Å². The van der Waals surface area contributed by atoms with Crippen LogP contribution in [0.15, 0.2) is 18.3 Å². The van der Waals surface area contributed by atoms with Gasteiger partial charge in [-0.25, -0.2) is 4.98 Å². The molecule has 1 saturated carbocycles. The van der Waals surface area contributed by atoms with Gasteiger partial charge in [-0.05, 0) is 30.9 Å². The number of carbonyl (C=O) groups excluding carboxylic acids is 1. The van der Waals surface area contributed by atoms with E-state index in [2.05, 4.69) is 35.1 Å². The SMILES string of the molecule is COCC1(C(=O)N[C@@H]2CN(c3ccc(C#N)cn3)C[C@H]2C(C)C)CCC1. The lowest BCUT2D eigenvalue weighted by atomic mass is 9.68. The number of anilines is 1. The van der Waals surface area contributed by atoms with Crippen LogP contribution in [0.4, 0.5) is 5.82 Å². The highest BCUT2D eigenvalue weighted by atomic mass is 16.5. The van der Waals surface area contributed by atoms with Gasteiger partial charge in [0.2, 0.25) is 5.91 Å². The number of hydrogen-bond donors (Lipinski definition) is 1. The van der Waals surface area contributed by atoms with Crippen LogP contribution >= 0.6 is 0 Å². The van der Waals surface area contributed by atoms with E-state index in [9.17, 15) is 4.79 Å². The molecule has 2 atom stereocenters. The number of pyridine rings is 1. The van der Waals surface area contributed by atoms with Gasteiger partial charge in [-0.1, -0.05) is 20.3 Å². The molecular weight excluding hydrogens is 328 g/mol. The maximum Gasteiger partial charge on any atom is 0.228 e. The monoisotopic (exact) mass is 356 g/mol. The van der Waals surface area contributed by atoms with Crippen LogP contribution in [-0.4, -0.2) is 43.7 Å². The molecule has 1 aliphatic heterocycles. The Balaban J connectivity index is 1.71. The highest BCUT2D eigenvalue weighted by Gasteiger charge is 2.46. The van der Waals surface area contributed by atoms with Crippen molar-refractivity contribution in [3.05, 3.63) is 23.9 Å². The predicted molar refractivity (Wildman–Crippen MR) is 99.6 cm³/mol. The van der Waals surface area contributed by atoms with Crippen LogP contribution in [0.25, 0.3) is 0 Å². The molecule has 26 heavy (non-hydrogen) atoms. The van der Waals surface area contributed by atoms with E-state index >= 15 is 0 Å². The van der Waals surface area contributed by atoms with Gasteiger partial charge < -0.3 is 15.0 Å². The minimum atomic E-state index is -0.337. The fourth-order valence-corrected chi connectivity index (χ4v) is 4.12. The number of methoxy groups -OCH3 is 1. The summed E-state index contributed by atoms with van der Waals surface area (Å²) in [7, 11) is 1.66. The third kappa shape index (κ3) is 3.54. The summed E-state index contributed by atoms with van der Waals surface area (Å²) in [5.74, 6) is 1.83. The molecule has 3 rings (SSSR count). The number of carbonyl (C=O) groups is 1. The van der Waals surface area contributed by atoms with E-state index in [0.717, 1.165) is 38.2 Å². The third-order valence-electron chi connectivity index (χ3n) is 5.95. The van der Waals surface area contributed by atoms with E-state index in [1.165, 1.54) is 0 Å². The fourth-order valence-electron chi connectivity index (χ4n) is 4.12. The molecule has 6 heteroatoms. The second-order valence-electron chi connectivity index (χ2n) is 7.98. The Labute approximate surface area is 155 Å². The number of nitriles is 1. The Hall–Kier alpha value is -2.13. The maximum atomic E-state index is 12.9. The predicted octanol–water partition coefficient (Wildman–Crippen LogP) is 2.35. The molecule has 0 unspecified atom stereocenters. The largest absolute Gasteiger partial charge is 0.384 e. The zero-order valence-electron chi connectivity index (χ0n) is 15.9. The molecule has 1 N–H and O–H groups in total.